The Morgan fingerprint density at radius 3 is 1.09 bits per heavy atom. The summed E-state index contributed by atoms with van der Waals surface area (Å²) in [6.45, 7) is 7.88. The first-order valence-corrected chi connectivity index (χ1v) is 38.2. The molecular formula is C86H93F4IKN6O13-. The number of ether oxygens (including phenoxy) is 5. The van der Waals surface area contributed by atoms with Gasteiger partial charge in [0.2, 0.25) is 0 Å². The molecule has 19 nitrogen and oxygen atoms in total. The Morgan fingerprint density at radius 1 is 0.441 bits per heavy atom. The van der Waals surface area contributed by atoms with Crippen molar-refractivity contribution >= 4 is 29.3 Å². The Morgan fingerprint density at radius 2 is 0.766 bits per heavy atom. The van der Waals surface area contributed by atoms with Crippen LogP contribution < -0.4 is 90.5 Å². The zero-order chi connectivity index (χ0) is 74.9. The molecule has 3 N–H and O–H groups in total. The van der Waals surface area contributed by atoms with Crippen LogP contribution in [-0.2, 0) is 43.5 Å². The van der Waals surface area contributed by atoms with Gasteiger partial charge in [0.15, 0.2) is 11.6 Å². The Labute approximate surface area is 703 Å². The van der Waals surface area contributed by atoms with Crippen molar-refractivity contribution in [3.8, 4) is 33.8 Å². The molecule has 6 unspecified atom stereocenters. The molecule has 9 heterocycles. The predicted molar refractivity (Wildman–Crippen MR) is 399 cm³/mol. The van der Waals surface area contributed by atoms with Crippen molar-refractivity contribution in [1.82, 2.24) is 20.8 Å². The first-order chi connectivity index (χ1) is 52.4. The van der Waals surface area contributed by atoms with Crippen LogP contribution in [0, 0.1) is 44.0 Å². The van der Waals surface area contributed by atoms with Gasteiger partial charge < -0.3 is 86.9 Å². The molecule has 3 saturated carbocycles. The zero-order valence-corrected chi connectivity index (χ0v) is 68.7. The van der Waals surface area contributed by atoms with E-state index in [1.54, 1.807) is 18.2 Å². The third-order valence-corrected chi connectivity index (χ3v) is 23.2. The summed E-state index contributed by atoms with van der Waals surface area (Å²) in [6.07, 6.45) is 19.7. The molecule has 3 aromatic heterocycles. The fourth-order valence-corrected chi connectivity index (χ4v) is 17.1. The molecule has 582 valence electrons. The average Bonchev–Trinajstić information content (AvgIpc) is 1.66. The Hall–Kier alpha value is -7.15. The maximum Gasteiger partial charge on any atom is 1.00 e. The molecule has 9 aliphatic rings. The van der Waals surface area contributed by atoms with Crippen LogP contribution in [0.15, 0.2) is 141 Å². The van der Waals surface area contributed by atoms with Gasteiger partial charge in [-0.15, -0.1) is 0 Å². The van der Waals surface area contributed by atoms with E-state index in [1.807, 2.05) is 24.3 Å². The van der Waals surface area contributed by atoms with Crippen molar-refractivity contribution in [3.05, 3.63) is 218 Å². The number of aromatic carboxylic acids is 1. The van der Waals surface area contributed by atoms with Crippen LogP contribution in [-0.4, -0.2) is 113 Å². The van der Waals surface area contributed by atoms with Crippen molar-refractivity contribution in [3.63, 3.8) is 0 Å². The largest absolute Gasteiger partial charge is 1.00 e. The molecule has 18 rings (SSSR count). The molecule has 0 radical (unpaired) electrons. The van der Waals surface area contributed by atoms with Crippen LogP contribution in [0.4, 0.5) is 28.9 Å². The Kier molecular flexibility index (Phi) is 27.7. The van der Waals surface area contributed by atoms with E-state index in [-0.39, 0.29) is 140 Å². The number of hydrogen-bond donors (Lipinski definition) is 2. The first-order valence-electron chi connectivity index (χ1n) is 38.2. The second-order valence-corrected chi connectivity index (χ2v) is 30.6. The molecule has 9 atom stereocenters. The van der Waals surface area contributed by atoms with Crippen LogP contribution in [0.3, 0.4) is 0 Å². The van der Waals surface area contributed by atoms with Crippen LogP contribution in [0.5, 0.6) is 0 Å². The maximum absolute atomic E-state index is 15.0. The molecular weight excluding hydrogens is 1570 g/mol. The number of piperidine rings is 3. The third-order valence-electron chi connectivity index (χ3n) is 23.2. The number of benzene rings is 6. The number of carbonyl (C=O) groups excluding carboxylic acids is 2. The second-order valence-electron chi connectivity index (χ2n) is 30.6. The van der Waals surface area contributed by atoms with Gasteiger partial charge in [0.1, 0.15) is 46.0 Å². The minimum Gasteiger partial charge on any atom is -1.00 e. The Bertz CT molecular complexity index is 4720. The quantitative estimate of drug-likeness (QED) is 0.0312. The summed E-state index contributed by atoms with van der Waals surface area (Å²) in [5.74, 6) is -0.784. The number of carboxylic acid groups (broad SMARTS) is 1. The van der Waals surface area contributed by atoms with E-state index in [1.165, 1.54) is 74.3 Å². The van der Waals surface area contributed by atoms with E-state index in [9.17, 15) is 27.6 Å². The van der Waals surface area contributed by atoms with Crippen LogP contribution in [0.25, 0.3) is 33.8 Å². The number of nitrogens with zero attached hydrogens (tertiary/aromatic N) is 5. The summed E-state index contributed by atoms with van der Waals surface area (Å²) in [7, 11) is 2.47. The number of carbonyl (C=O) groups is 3. The summed E-state index contributed by atoms with van der Waals surface area (Å²) >= 11 is 0. The summed E-state index contributed by atoms with van der Waals surface area (Å²) in [5, 5.41) is 26.2. The van der Waals surface area contributed by atoms with E-state index in [0.29, 0.717) is 67.1 Å². The number of carboxylic acids is 1. The maximum atomic E-state index is 15.0. The third kappa shape index (κ3) is 19.0. The number of anilines is 2. The molecule has 3 aliphatic carbocycles. The van der Waals surface area contributed by atoms with E-state index in [2.05, 4.69) is 105 Å². The van der Waals surface area contributed by atoms with Crippen molar-refractivity contribution in [2.24, 2.45) is 0 Å². The van der Waals surface area contributed by atoms with Crippen LogP contribution in [0.2, 0.25) is 0 Å². The molecule has 6 saturated heterocycles. The number of nitrogens with one attached hydrogen (secondary N) is 1. The second kappa shape index (κ2) is 37.0. The van der Waals surface area contributed by atoms with Crippen LogP contribution >= 0.6 is 0 Å². The summed E-state index contributed by atoms with van der Waals surface area (Å²) in [6, 6.07) is 38.7. The van der Waals surface area contributed by atoms with Crippen molar-refractivity contribution < 1.29 is 155 Å². The minimum absolute atomic E-state index is 0. The van der Waals surface area contributed by atoms with E-state index >= 15 is 4.39 Å². The van der Waals surface area contributed by atoms with E-state index < -0.39 is 35.4 Å². The molecule has 111 heavy (non-hydrogen) atoms. The number of fused-ring (bicyclic) bond motifs is 6. The van der Waals surface area contributed by atoms with Crippen LogP contribution in [0.1, 0.15) is 215 Å². The number of hydrogen-bond acceptors (Lipinski definition) is 18. The van der Waals surface area contributed by atoms with Gasteiger partial charge in [-0.3, -0.25) is 0 Å². The molecule has 6 aromatic carbocycles. The van der Waals surface area contributed by atoms with Gasteiger partial charge in [-0.05, 0) is 208 Å². The topological polar surface area (TPSA) is 244 Å². The smallest absolute Gasteiger partial charge is 1.00 e. The van der Waals surface area contributed by atoms with Gasteiger partial charge in [-0.1, -0.05) is 88.3 Å². The molecule has 9 fully saturated rings. The zero-order valence-electron chi connectivity index (χ0n) is 63.4. The van der Waals surface area contributed by atoms with Gasteiger partial charge in [0.05, 0.1) is 80.4 Å². The normalized spacial score (nSPS) is 22.4. The molecule has 9 aromatic rings. The van der Waals surface area contributed by atoms with Crippen molar-refractivity contribution in [1.29, 1.82) is 0 Å². The molecule has 6 aliphatic heterocycles. The predicted octanol–water partition coefficient (Wildman–Crippen LogP) is 12.2. The monoisotopic (exact) mass is 1660 g/mol. The number of halogens is 5. The SMILES string of the molecule is COC(=O)c1ccc(F)c(F)c1.COC(=O)c1ccc(N2C3CC[C@H]2CC(OCc2c(-c4ccccc4C)noc2C2CC2)C3)c(F)c1.Cc1ccccc1-c1noc(C2CC2)c1COC1CC2CC[C@@H](C1)N2.Cc1ccccc1-c1noc(C2CC2)c1COC1CC2CC[C@@H](C1)N2c1ccc(C(=O)O)cc1F.[I-].[K+].[OH-]. The van der Waals surface area contributed by atoms with Gasteiger partial charge >= 0.3 is 69.3 Å². The molecule has 0 spiro atoms. The minimum atomic E-state index is -1.12. The fraction of sp³-hybridized carbons (Fsp3) is 0.442. The van der Waals surface area contributed by atoms with Gasteiger partial charge in [-0.2, -0.15) is 0 Å². The van der Waals surface area contributed by atoms with E-state index in [0.717, 1.165) is 176 Å². The number of aromatic nitrogens is 3. The van der Waals surface area contributed by atoms with Gasteiger partial charge in [0, 0.05) is 87.4 Å². The molecule has 25 heteroatoms. The van der Waals surface area contributed by atoms with Gasteiger partial charge in [-0.25, -0.2) is 31.9 Å². The first kappa shape index (κ1) is 83.3. The fourth-order valence-electron chi connectivity index (χ4n) is 17.1. The van der Waals surface area contributed by atoms with Gasteiger partial charge in [0.25, 0.3) is 0 Å². The number of esters is 2. The standard InChI is InChI=1S/C29H31FN2O4.C28H29FN2O4.C21H26N2O2.C8H6F2O2.HI.K.H2O/c1-17-5-3-4-6-23(17)27-24(28(36-31-27)18-7-8-18)16-35-22-14-20-10-11-21(15-22)32(20)26-12-9-19(13-25(26)30)29(33)34-2;1-16-4-2-3-5-22(16)26-23(27(35-30-26)17-6-7-17)15-34-21-13-19-9-10-20(14-21)31(19)25-11-8-18(28(32)33)12-24(25)29;1-13-4-2-3-5-18(13)20-19(21(25-23-20)14-6-7-14)12-24-17-10-15-8-9-16(11-17)22-15;1-12-8(11)5-2-3-6(9)7(10)4-5;;;/h3-6,9,12-13,18,20-22H,7-8,10-11,14-16H2,1-2H3;2-5,8,11-12,17,19-21H,6-7,9-10,13-15H2,1H3,(H,32,33);2-5,14-17,22H,6-12H2,1H3;2-4H,1H3;1H;;1H2/q;;;;;+1;/p-2/t20-,21?,22?;19-,20?,21?;15-,16?,17?;;;;/m000..../s1. The molecule has 6 bridgehead atoms. The summed E-state index contributed by atoms with van der Waals surface area (Å²) in [4.78, 5) is 38.1. The number of methoxy groups -OCH3 is 2. The average molecular weight is 1660 g/mol. The van der Waals surface area contributed by atoms with Crippen molar-refractivity contribution in [2.45, 2.75) is 228 Å². The number of rotatable bonds is 20. The van der Waals surface area contributed by atoms with Crippen molar-refractivity contribution in [2.75, 3.05) is 24.0 Å². The molecule has 0 amide bonds. The summed E-state index contributed by atoms with van der Waals surface area (Å²) < 4.78 is 101. The Balaban J connectivity index is 0.000000144. The van der Waals surface area contributed by atoms with E-state index in [4.69, 9.17) is 37.6 Å². The summed E-state index contributed by atoms with van der Waals surface area (Å²) in [5.41, 5.74) is 14.2. The number of aryl methyl sites for hydroxylation is 3.